The fourth-order valence-corrected chi connectivity index (χ4v) is 8.88. The molecule has 6 aromatic rings. The molecule has 1 amide bonds. The predicted octanol–water partition coefficient (Wildman–Crippen LogP) is 9.39. The lowest BCUT2D eigenvalue weighted by atomic mass is 9.85. The van der Waals surface area contributed by atoms with Gasteiger partial charge in [0.2, 0.25) is 5.90 Å². The van der Waals surface area contributed by atoms with Crippen LogP contribution < -0.4 is 19.5 Å². The van der Waals surface area contributed by atoms with Crippen molar-refractivity contribution in [2.24, 2.45) is 4.99 Å². The molecule has 2 N–H and O–H groups in total. The summed E-state index contributed by atoms with van der Waals surface area (Å²) in [5.41, 5.74) is 2.04. The molecule has 0 fully saturated rings. The third-order valence-corrected chi connectivity index (χ3v) is 12.6. The number of aliphatic hydroxyl groups excluding tert-OH is 1. The smallest absolute Gasteiger partial charge is 0.252 e. The number of benzene rings is 6. The molecular weight excluding hydrogens is 848 g/mol. The highest BCUT2D eigenvalue weighted by Gasteiger charge is 2.54. The molecule has 0 unspecified atom stereocenters. The number of amides is 1. The van der Waals surface area contributed by atoms with E-state index in [0.717, 1.165) is 16.7 Å². The maximum Gasteiger partial charge on any atom is 0.252 e. The fraction of sp³-hybridized carbons (Fsp3) is 0.224. The van der Waals surface area contributed by atoms with E-state index in [1.807, 2.05) is 78.9 Å². The number of nitrogens with zero attached hydrogens (tertiary/aromatic N) is 1. The summed E-state index contributed by atoms with van der Waals surface area (Å²) in [5.74, 6) is 0.864. The fourth-order valence-electron chi connectivity index (χ4n) is 6.98. The third-order valence-electron chi connectivity index (χ3n) is 10.3. The van der Waals surface area contributed by atoms with Crippen molar-refractivity contribution in [3.05, 3.63) is 190 Å². The molecule has 62 heavy (non-hydrogen) atoms. The zero-order valence-corrected chi connectivity index (χ0v) is 36.1. The second-order valence-corrected chi connectivity index (χ2v) is 17.6. The van der Waals surface area contributed by atoms with Gasteiger partial charge in [0.1, 0.15) is 19.0 Å². The third kappa shape index (κ3) is 11.1. The number of sulfone groups is 1. The Morgan fingerprint density at radius 1 is 0.742 bits per heavy atom. The molecular formula is C49H46Cl2N2O8S. The summed E-state index contributed by atoms with van der Waals surface area (Å²) in [6.45, 7) is 1.18. The van der Waals surface area contributed by atoms with Crippen LogP contribution in [-0.2, 0) is 39.0 Å². The Morgan fingerprint density at radius 2 is 1.39 bits per heavy atom. The SMILES string of the molecule is O=C(NCCc1ccc(OCc2ccccc2)c(OCc2ccccc2)c1)[C@]1(CCS(=O)(=O)c2ccccc2)N=C(c2ccc(OCCCO)cc2)O[C@@H]1c1ccc(Cl)cc1Cl. The van der Waals surface area contributed by atoms with Gasteiger partial charge in [-0.05, 0) is 83.8 Å². The summed E-state index contributed by atoms with van der Waals surface area (Å²) in [4.78, 5) is 20.0. The highest BCUT2D eigenvalue weighted by Crippen LogP contribution is 2.45. The van der Waals surface area contributed by atoms with Gasteiger partial charge in [-0.25, -0.2) is 13.4 Å². The molecule has 0 aliphatic carbocycles. The van der Waals surface area contributed by atoms with E-state index in [0.29, 0.717) is 66.1 Å². The number of aliphatic imine (C=N–C) groups is 1. The molecule has 1 heterocycles. The first kappa shape index (κ1) is 44.2. The number of aliphatic hydroxyl groups is 1. The Kier molecular flexibility index (Phi) is 14.8. The lowest BCUT2D eigenvalue weighted by Gasteiger charge is -2.31. The van der Waals surface area contributed by atoms with Crippen molar-refractivity contribution in [3.8, 4) is 17.2 Å². The molecule has 1 aliphatic heterocycles. The lowest BCUT2D eigenvalue weighted by molar-refractivity contribution is -0.129. The van der Waals surface area contributed by atoms with E-state index in [4.69, 9.17) is 52.2 Å². The van der Waals surface area contributed by atoms with Crippen molar-refractivity contribution < 1.29 is 37.3 Å². The molecule has 10 nitrogen and oxygen atoms in total. The topological polar surface area (TPSA) is 133 Å². The van der Waals surface area contributed by atoms with Crippen molar-refractivity contribution in [1.29, 1.82) is 0 Å². The van der Waals surface area contributed by atoms with E-state index < -0.39 is 33.1 Å². The van der Waals surface area contributed by atoms with Crippen LogP contribution in [0.25, 0.3) is 0 Å². The molecule has 2 atom stereocenters. The quantitative estimate of drug-likeness (QED) is 0.0725. The van der Waals surface area contributed by atoms with Crippen LogP contribution in [-0.4, -0.2) is 56.4 Å². The predicted molar refractivity (Wildman–Crippen MR) is 241 cm³/mol. The first-order valence-electron chi connectivity index (χ1n) is 20.2. The highest BCUT2D eigenvalue weighted by molar-refractivity contribution is 7.91. The minimum Gasteiger partial charge on any atom is -0.494 e. The number of halogens is 2. The normalized spacial score (nSPS) is 15.9. The van der Waals surface area contributed by atoms with Crippen molar-refractivity contribution in [2.45, 2.75) is 49.0 Å². The second kappa shape index (κ2) is 20.8. The monoisotopic (exact) mass is 892 g/mol. The Morgan fingerprint density at radius 3 is 2.03 bits per heavy atom. The molecule has 0 aromatic heterocycles. The molecule has 13 heteroatoms. The van der Waals surface area contributed by atoms with Crippen LogP contribution in [0.1, 0.15) is 46.8 Å². The van der Waals surface area contributed by atoms with E-state index in [-0.39, 0.29) is 35.4 Å². The number of hydrogen-bond acceptors (Lipinski definition) is 9. The van der Waals surface area contributed by atoms with Crippen LogP contribution in [0, 0.1) is 0 Å². The molecule has 0 spiro atoms. The van der Waals surface area contributed by atoms with E-state index in [2.05, 4.69) is 5.32 Å². The first-order chi connectivity index (χ1) is 30.1. The van der Waals surface area contributed by atoms with E-state index >= 15 is 0 Å². The molecule has 0 saturated carbocycles. The second-order valence-electron chi connectivity index (χ2n) is 14.7. The standard InChI is InChI=1S/C49H46Cl2N2O8S/c50-39-20-23-42(43(51)32-39)46-49(26-30-62(56,57)41-15-8-3-9-16-41,53-47(61-46)38-18-21-40(22-19-38)58-29-10-28-54)48(55)52-27-25-35-17-24-44(59-33-36-11-4-1-5-12-36)45(31-35)60-34-37-13-6-2-7-14-37/h1-9,11-24,31-32,46,54H,10,25-30,33-34H2,(H,52,55)/t46-,49-/m1/s1. The summed E-state index contributed by atoms with van der Waals surface area (Å²) < 4.78 is 52.5. The molecule has 6 aromatic carbocycles. The summed E-state index contributed by atoms with van der Waals surface area (Å²) in [5, 5.41) is 12.8. The van der Waals surface area contributed by atoms with Crippen LogP contribution in [0.4, 0.5) is 0 Å². The van der Waals surface area contributed by atoms with Crippen LogP contribution >= 0.6 is 23.2 Å². The molecule has 1 aliphatic rings. The summed E-state index contributed by atoms with van der Waals surface area (Å²) in [7, 11) is -3.88. The van der Waals surface area contributed by atoms with E-state index in [9.17, 15) is 13.2 Å². The van der Waals surface area contributed by atoms with E-state index in [1.54, 1.807) is 60.7 Å². The largest absolute Gasteiger partial charge is 0.494 e. The lowest BCUT2D eigenvalue weighted by Crippen LogP contribution is -2.49. The first-order valence-corrected chi connectivity index (χ1v) is 22.6. The van der Waals surface area contributed by atoms with Gasteiger partial charge in [-0.1, -0.05) is 114 Å². The van der Waals surface area contributed by atoms with Crippen molar-refractivity contribution >= 4 is 44.8 Å². The van der Waals surface area contributed by atoms with Crippen LogP contribution in [0.15, 0.2) is 162 Å². The average Bonchev–Trinajstić information content (AvgIpc) is 3.69. The minimum atomic E-state index is -3.88. The van der Waals surface area contributed by atoms with Crippen molar-refractivity contribution in [1.82, 2.24) is 5.32 Å². The minimum absolute atomic E-state index is 0.00214. The van der Waals surface area contributed by atoms with Crippen LogP contribution in [0.2, 0.25) is 10.0 Å². The molecule has 320 valence electrons. The van der Waals surface area contributed by atoms with Crippen LogP contribution in [0.3, 0.4) is 0 Å². The number of nitrogens with one attached hydrogen (secondary N) is 1. The Labute approximate surface area is 372 Å². The van der Waals surface area contributed by atoms with Gasteiger partial charge in [-0.2, -0.15) is 0 Å². The zero-order valence-electron chi connectivity index (χ0n) is 33.8. The summed E-state index contributed by atoms with van der Waals surface area (Å²) in [6.07, 6.45) is -0.502. The molecule has 0 radical (unpaired) electrons. The van der Waals surface area contributed by atoms with Gasteiger partial charge in [0.15, 0.2) is 33.0 Å². The number of carbonyl (C=O) groups excluding carboxylic acids is 1. The summed E-state index contributed by atoms with van der Waals surface area (Å²) in [6, 6.07) is 45.3. The molecule has 0 saturated heterocycles. The highest BCUT2D eigenvalue weighted by atomic mass is 35.5. The van der Waals surface area contributed by atoms with Gasteiger partial charge in [0.25, 0.3) is 5.91 Å². The Bertz CT molecular complexity index is 2560. The van der Waals surface area contributed by atoms with E-state index in [1.165, 1.54) is 12.1 Å². The number of ether oxygens (including phenoxy) is 4. The van der Waals surface area contributed by atoms with Crippen molar-refractivity contribution in [2.75, 3.05) is 25.5 Å². The average molecular weight is 894 g/mol. The van der Waals surface area contributed by atoms with Gasteiger partial charge in [-0.15, -0.1) is 0 Å². The Hall–Kier alpha value is -5.85. The number of carbonyl (C=O) groups is 1. The van der Waals surface area contributed by atoms with Crippen molar-refractivity contribution in [3.63, 3.8) is 0 Å². The molecule has 7 rings (SSSR count). The van der Waals surface area contributed by atoms with Gasteiger partial charge in [-0.3, -0.25) is 4.79 Å². The summed E-state index contributed by atoms with van der Waals surface area (Å²) >= 11 is 13.1. The number of rotatable bonds is 20. The maximum atomic E-state index is 14.9. The van der Waals surface area contributed by atoms with Gasteiger partial charge in [0.05, 0.1) is 17.3 Å². The zero-order chi connectivity index (χ0) is 43.4. The molecule has 0 bridgehead atoms. The maximum absolute atomic E-state index is 14.9. The van der Waals surface area contributed by atoms with Gasteiger partial charge >= 0.3 is 0 Å². The van der Waals surface area contributed by atoms with Crippen LogP contribution in [0.5, 0.6) is 17.2 Å². The number of hydrogen-bond donors (Lipinski definition) is 2. The Balaban J connectivity index is 1.18. The van der Waals surface area contributed by atoms with Gasteiger partial charge < -0.3 is 29.4 Å². The van der Waals surface area contributed by atoms with Gasteiger partial charge in [0, 0.05) is 47.2 Å².